The zero-order valence-electron chi connectivity index (χ0n) is 19.1. The number of nitrogens with one attached hydrogen (secondary N) is 3. The first-order valence-electron chi connectivity index (χ1n) is 11.3. The monoisotopic (exact) mass is 446 g/mol. The summed E-state index contributed by atoms with van der Waals surface area (Å²) in [6.07, 6.45) is 5.32. The van der Waals surface area contributed by atoms with Gasteiger partial charge in [0.1, 0.15) is 17.3 Å². The van der Waals surface area contributed by atoms with E-state index in [1.165, 1.54) is 12.8 Å². The summed E-state index contributed by atoms with van der Waals surface area (Å²) in [5, 5.41) is 13.8. The van der Waals surface area contributed by atoms with Crippen LogP contribution >= 0.6 is 0 Å². The van der Waals surface area contributed by atoms with Gasteiger partial charge < -0.3 is 25.2 Å². The van der Waals surface area contributed by atoms with Gasteiger partial charge in [-0.15, -0.1) is 0 Å². The summed E-state index contributed by atoms with van der Waals surface area (Å²) in [4.78, 5) is 9.07. The van der Waals surface area contributed by atoms with Gasteiger partial charge in [-0.1, -0.05) is 49.0 Å². The SMILES string of the molecule is C=C(/C=C(\NC)Nc1cc(OCCC)nc(NCc2cc(-c3ccccc3)no2)n1)C1CC1. The minimum Gasteiger partial charge on any atom is -0.477 e. The van der Waals surface area contributed by atoms with Crippen LogP contribution in [-0.4, -0.2) is 28.8 Å². The first-order chi connectivity index (χ1) is 16.1. The first-order valence-corrected chi connectivity index (χ1v) is 11.3. The number of anilines is 2. The maximum Gasteiger partial charge on any atom is 0.228 e. The van der Waals surface area contributed by atoms with Gasteiger partial charge in [0.15, 0.2) is 5.76 Å². The number of rotatable bonds is 12. The number of nitrogens with zero attached hydrogens (tertiary/aromatic N) is 3. The second kappa shape index (κ2) is 10.7. The van der Waals surface area contributed by atoms with Crippen molar-refractivity contribution in [2.75, 3.05) is 24.3 Å². The van der Waals surface area contributed by atoms with Gasteiger partial charge in [-0.3, -0.25) is 0 Å². The molecule has 3 aromatic rings. The maximum absolute atomic E-state index is 5.77. The Balaban J connectivity index is 1.47. The average Bonchev–Trinajstić information content (AvgIpc) is 3.59. The van der Waals surface area contributed by atoms with E-state index >= 15 is 0 Å². The molecule has 1 aliphatic carbocycles. The third-order valence-electron chi connectivity index (χ3n) is 5.17. The Kier molecular flexibility index (Phi) is 7.24. The van der Waals surface area contributed by atoms with Gasteiger partial charge in [0, 0.05) is 24.7 Å². The zero-order valence-corrected chi connectivity index (χ0v) is 19.1. The van der Waals surface area contributed by atoms with Crippen LogP contribution in [0.2, 0.25) is 0 Å². The normalized spacial score (nSPS) is 13.5. The smallest absolute Gasteiger partial charge is 0.228 e. The highest BCUT2D eigenvalue weighted by Crippen LogP contribution is 2.36. The molecule has 0 spiro atoms. The fourth-order valence-electron chi connectivity index (χ4n) is 3.22. The molecule has 8 nitrogen and oxygen atoms in total. The van der Waals surface area contributed by atoms with Gasteiger partial charge in [0.25, 0.3) is 0 Å². The molecule has 4 rings (SSSR count). The molecule has 1 aliphatic rings. The van der Waals surface area contributed by atoms with Gasteiger partial charge in [-0.2, -0.15) is 9.97 Å². The zero-order chi connectivity index (χ0) is 23.0. The van der Waals surface area contributed by atoms with E-state index in [-0.39, 0.29) is 0 Å². The Morgan fingerprint density at radius 1 is 1.21 bits per heavy atom. The summed E-state index contributed by atoms with van der Waals surface area (Å²) in [6.45, 7) is 7.19. The molecule has 33 heavy (non-hydrogen) atoms. The fourth-order valence-corrected chi connectivity index (χ4v) is 3.22. The summed E-state index contributed by atoms with van der Waals surface area (Å²) < 4.78 is 11.2. The Hall–Kier alpha value is -3.81. The molecule has 1 fully saturated rings. The summed E-state index contributed by atoms with van der Waals surface area (Å²) in [7, 11) is 1.86. The summed E-state index contributed by atoms with van der Waals surface area (Å²) >= 11 is 0. The van der Waals surface area contributed by atoms with Crippen molar-refractivity contribution in [3.05, 3.63) is 72.3 Å². The van der Waals surface area contributed by atoms with E-state index in [4.69, 9.17) is 9.26 Å². The molecular weight excluding hydrogens is 416 g/mol. The Bertz CT molecular complexity index is 1110. The predicted octanol–water partition coefficient (Wildman–Crippen LogP) is 4.97. The second-order valence-electron chi connectivity index (χ2n) is 7.94. The molecule has 0 unspecified atom stereocenters. The van der Waals surface area contributed by atoms with Crippen molar-refractivity contribution in [2.45, 2.75) is 32.7 Å². The lowest BCUT2D eigenvalue weighted by Gasteiger charge is -2.13. The minimum atomic E-state index is 0.393. The number of hydrogen-bond donors (Lipinski definition) is 3. The molecule has 0 bridgehead atoms. The first kappa shape index (κ1) is 22.4. The van der Waals surface area contributed by atoms with Gasteiger partial charge >= 0.3 is 0 Å². The fraction of sp³-hybridized carbons (Fsp3) is 0.320. The third-order valence-corrected chi connectivity index (χ3v) is 5.17. The predicted molar refractivity (Wildman–Crippen MR) is 130 cm³/mol. The Labute approximate surface area is 194 Å². The molecule has 172 valence electrons. The highest BCUT2D eigenvalue weighted by molar-refractivity contribution is 5.58. The lowest BCUT2D eigenvalue weighted by Crippen LogP contribution is -2.17. The van der Waals surface area contributed by atoms with Gasteiger partial charge in [0.05, 0.1) is 13.2 Å². The van der Waals surface area contributed by atoms with Crippen LogP contribution in [-0.2, 0) is 6.54 Å². The summed E-state index contributed by atoms with van der Waals surface area (Å²) in [6, 6.07) is 13.6. The number of hydrogen-bond acceptors (Lipinski definition) is 8. The van der Waals surface area contributed by atoms with Crippen LogP contribution in [0.3, 0.4) is 0 Å². The van der Waals surface area contributed by atoms with E-state index in [0.29, 0.717) is 42.5 Å². The number of ether oxygens (including phenoxy) is 1. The van der Waals surface area contributed by atoms with Crippen LogP contribution in [0.5, 0.6) is 5.88 Å². The van der Waals surface area contributed by atoms with Crippen LogP contribution in [0.4, 0.5) is 11.8 Å². The van der Waals surface area contributed by atoms with Crippen molar-refractivity contribution >= 4 is 11.8 Å². The molecular formula is C25H30N6O2. The van der Waals surface area contributed by atoms with Crippen LogP contribution in [0, 0.1) is 5.92 Å². The van der Waals surface area contributed by atoms with Crippen molar-refractivity contribution in [2.24, 2.45) is 5.92 Å². The quantitative estimate of drug-likeness (QED) is 0.336. The standard InChI is InChI=1S/C25H30N6O2/c1-4-12-32-24-15-23(28-22(26-3)13-17(2)18-10-11-18)29-25(30-24)27-16-20-14-21(31-33-20)19-8-6-5-7-9-19/h5-9,13-15,18,26H,2,4,10-12,16H2,1,3H3,(H2,27,28,29,30)/b22-13+. The topological polar surface area (TPSA) is 97.1 Å². The van der Waals surface area contributed by atoms with Crippen LogP contribution in [0.15, 0.2) is 71.0 Å². The number of allylic oxidation sites excluding steroid dienone is 2. The molecule has 0 radical (unpaired) electrons. The van der Waals surface area contributed by atoms with E-state index < -0.39 is 0 Å². The highest BCUT2D eigenvalue weighted by Gasteiger charge is 2.23. The summed E-state index contributed by atoms with van der Waals surface area (Å²) in [5.41, 5.74) is 2.90. The van der Waals surface area contributed by atoms with E-state index in [1.807, 2.05) is 49.5 Å². The van der Waals surface area contributed by atoms with Crippen molar-refractivity contribution in [1.29, 1.82) is 0 Å². The van der Waals surface area contributed by atoms with E-state index in [1.54, 1.807) is 6.07 Å². The van der Waals surface area contributed by atoms with Gasteiger partial charge in [0.2, 0.25) is 11.8 Å². The largest absolute Gasteiger partial charge is 0.477 e. The Morgan fingerprint density at radius 3 is 2.76 bits per heavy atom. The van der Waals surface area contributed by atoms with Crippen LogP contribution in [0.1, 0.15) is 31.9 Å². The molecule has 1 aromatic carbocycles. The van der Waals surface area contributed by atoms with Crippen LogP contribution < -0.4 is 20.7 Å². The molecule has 8 heteroatoms. The molecule has 0 saturated heterocycles. The average molecular weight is 447 g/mol. The molecule has 0 aliphatic heterocycles. The lowest BCUT2D eigenvalue weighted by molar-refractivity contribution is 0.305. The van der Waals surface area contributed by atoms with Gasteiger partial charge in [-0.25, -0.2) is 0 Å². The molecule has 3 N–H and O–H groups in total. The second-order valence-corrected chi connectivity index (χ2v) is 7.94. The molecule has 0 atom stereocenters. The molecule has 0 amide bonds. The highest BCUT2D eigenvalue weighted by atomic mass is 16.5. The van der Waals surface area contributed by atoms with E-state index in [9.17, 15) is 0 Å². The summed E-state index contributed by atoms with van der Waals surface area (Å²) in [5.74, 6) is 3.63. The minimum absolute atomic E-state index is 0.393. The van der Waals surface area contributed by atoms with Crippen molar-refractivity contribution in [3.8, 4) is 17.1 Å². The molecule has 1 saturated carbocycles. The third kappa shape index (κ3) is 6.35. The number of benzene rings is 1. The van der Waals surface area contributed by atoms with E-state index in [2.05, 4.69) is 44.6 Å². The number of aromatic nitrogens is 3. The molecule has 2 aromatic heterocycles. The van der Waals surface area contributed by atoms with Crippen molar-refractivity contribution < 1.29 is 9.26 Å². The lowest BCUT2D eigenvalue weighted by atomic mass is 10.1. The Morgan fingerprint density at radius 2 is 2.03 bits per heavy atom. The maximum atomic E-state index is 5.77. The molecule has 2 heterocycles. The van der Waals surface area contributed by atoms with E-state index in [0.717, 1.165) is 29.1 Å². The van der Waals surface area contributed by atoms with Crippen LogP contribution in [0.25, 0.3) is 11.3 Å². The van der Waals surface area contributed by atoms with Crippen molar-refractivity contribution in [3.63, 3.8) is 0 Å². The van der Waals surface area contributed by atoms with Crippen molar-refractivity contribution in [1.82, 2.24) is 20.4 Å². The van der Waals surface area contributed by atoms with Gasteiger partial charge in [-0.05, 0) is 36.8 Å².